The number of carboxylic acids is 1. The quantitative estimate of drug-likeness (QED) is 0.115. The van der Waals surface area contributed by atoms with Crippen LogP contribution in [0, 0.1) is 0 Å². The second-order valence-electron chi connectivity index (χ2n) is 8.50. The predicted octanol–water partition coefficient (Wildman–Crippen LogP) is -1.79. The average molecular weight is 571 g/mol. The lowest BCUT2D eigenvalue weighted by Gasteiger charge is -2.50. The fourth-order valence-electron chi connectivity index (χ4n) is 4.32. The molecule has 5 rings (SSSR count). The Kier molecular flexibility index (Phi) is 6.96. The van der Waals surface area contributed by atoms with Crippen molar-refractivity contribution >= 4 is 63.3 Å². The molecule has 0 unspecified atom stereocenters. The maximum Gasteiger partial charge on any atom is 0.286 e. The van der Waals surface area contributed by atoms with Crippen molar-refractivity contribution < 1.29 is 33.7 Å². The van der Waals surface area contributed by atoms with Gasteiger partial charge in [-0.05, 0) is 13.0 Å². The van der Waals surface area contributed by atoms with Gasteiger partial charge in [-0.25, -0.2) is 14.0 Å². The van der Waals surface area contributed by atoms with Gasteiger partial charge in [0.25, 0.3) is 23.4 Å². The number of carbonyl (C=O) groups is 4. The Morgan fingerprint density at radius 2 is 2.15 bits per heavy atom. The molecule has 0 spiro atoms. The van der Waals surface area contributed by atoms with Crippen molar-refractivity contribution in [3.8, 4) is 0 Å². The number of carboxylic acid groups (broad SMARTS) is 1. The van der Waals surface area contributed by atoms with Crippen molar-refractivity contribution in [2.24, 2.45) is 10.9 Å². The van der Waals surface area contributed by atoms with Gasteiger partial charge in [-0.1, -0.05) is 5.16 Å². The van der Waals surface area contributed by atoms with Gasteiger partial charge in [-0.2, -0.15) is 0 Å². The molecule has 0 aliphatic carbocycles. The summed E-state index contributed by atoms with van der Waals surface area (Å²) in [6, 6.07) is 2.27. The summed E-state index contributed by atoms with van der Waals surface area (Å²) in [6.45, 7) is 2.06. The summed E-state index contributed by atoms with van der Waals surface area (Å²) < 4.78 is 3.47. The first kappa shape index (κ1) is 26.2. The van der Waals surface area contributed by atoms with Crippen molar-refractivity contribution in [2.45, 2.75) is 24.9 Å². The van der Waals surface area contributed by atoms with Crippen LogP contribution in [0.15, 0.2) is 52.5 Å². The Bertz CT molecular complexity index is 1580. The van der Waals surface area contributed by atoms with Crippen LogP contribution in [0.5, 0.6) is 0 Å². The maximum atomic E-state index is 13.1. The van der Waals surface area contributed by atoms with Gasteiger partial charge in [0.1, 0.15) is 48.9 Å². The van der Waals surface area contributed by atoms with Crippen LogP contribution in [0.1, 0.15) is 23.0 Å². The third kappa shape index (κ3) is 4.79. The van der Waals surface area contributed by atoms with E-state index in [2.05, 4.69) is 15.5 Å². The minimum Gasteiger partial charge on any atom is -0.543 e. The van der Waals surface area contributed by atoms with Crippen LogP contribution in [0.2, 0.25) is 0 Å². The SMILES string of the molecule is CCO/N=C(/C(=O)N[C@@H]1C(=O)N2C(C(=O)[O-])=C(C[n+]3ccn4cc(C(N)=O)ccc43)CS[C@H]12)c1csc(N)n1. The number of pyridine rings is 1. The minimum absolute atomic E-state index is 0.148. The first-order chi connectivity index (χ1) is 18.7. The largest absolute Gasteiger partial charge is 0.543 e. The van der Waals surface area contributed by atoms with Crippen LogP contribution in [0.3, 0.4) is 0 Å². The highest BCUT2D eigenvalue weighted by molar-refractivity contribution is 8.00. The van der Waals surface area contributed by atoms with Crippen LogP contribution in [-0.4, -0.2) is 67.5 Å². The lowest BCUT2D eigenvalue weighted by atomic mass is 10.0. The number of fused-ring (bicyclic) bond motifs is 2. The summed E-state index contributed by atoms with van der Waals surface area (Å²) in [7, 11) is 0. The van der Waals surface area contributed by atoms with E-state index in [4.69, 9.17) is 16.3 Å². The van der Waals surface area contributed by atoms with Crippen LogP contribution in [0.4, 0.5) is 5.13 Å². The van der Waals surface area contributed by atoms with E-state index in [1.165, 1.54) is 17.1 Å². The number of nitrogen functional groups attached to an aromatic ring is 1. The molecular formula is C23H22N8O6S2. The van der Waals surface area contributed by atoms with E-state index >= 15 is 0 Å². The van der Waals surface area contributed by atoms with Gasteiger partial charge in [0, 0.05) is 22.8 Å². The number of nitrogens with two attached hydrogens (primary N) is 2. The summed E-state index contributed by atoms with van der Waals surface area (Å²) in [5, 5.41) is 19.7. The normalized spacial score (nSPS) is 19.1. The number of hydrogen-bond acceptors (Lipinski definition) is 11. The summed E-state index contributed by atoms with van der Waals surface area (Å²) >= 11 is 2.43. The number of thioether (sulfide) groups is 1. The third-order valence-electron chi connectivity index (χ3n) is 6.09. The van der Waals surface area contributed by atoms with Gasteiger partial charge < -0.3 is 31.5 Å². The number of carbonyl (C=O) groups excluding carboxylic acids is 4. The number of nitrogens with zero attached hydrogens (tertiary/aromatic N) is 5. The van der Waals surface area contributed by atoms with Gasteiger partial charge in [0.2, 0.25) is 0 Å². The number of thiazole rings is 1. The number of hydrogen-bond donors (Lipinski definition) is 3. The Hall–Kier alpha value is -4.44. The molecule has 39 heavy (non-hydrogen) atoms. The van der Waals surface area contributed by atoms with E-state index in [0.29, 0.717) is 16.8 Å². The van der Waals surface area contributed by atoms with Gasteiger partial charge in [0.15, 0.2) is 10.8 Å². The number of primary amides is 1. The monoisotopic (exact) mass is 570 g/mol. The molecule has 5 heterocycles. The van der Waals surface area contributed by atoms with Gasteiger partial charge in [-0.3, -0.25) is 19.3 Å². The van der Waals surface area contributed by atoms with Gasteiger partial charge in [0.05, 0.1) is 17.2 Å². The topological polar surface area (TPSA) is 201 Å². The highest BCUT2D eigenvalue weighted by atomic mass is 32.2. The molecule has 2 aliphatic rings. The molecule has 0 bridgehead atoms. The molecule has 2 atom stereocenters. The highest BCUT2D eigenvalue weighted by Gasteiger charge is 2.53. The molecule has 0 aromatic carbocycles. The zero-order chi connectivity index (χ0) is 27.8. The Balaban J connectivity index is 1.37. The van der Waals surface area contributed by atoms with E-state index in [1.807, 2.05) is 0 Å². The average Bonchev–Trinajstić information content (AvgIpc) is 3.52. The molecule has 1 fully saturated rings. The maximum absolute atomic E-state index is 13.1. The molecule has 1 saturated heterocycles. The van der Waals surface area contributed by atoms with E-state index in [-0.39, 0.29) is 41.1 Å². The highest BCUT2D eigenvalue weighted by Crippen LogP contribution is 2.40. The number of oxime groups is 1. The van der Waals surface area contributed by atoms with Crippen molar-refractivity contribution in [3.63, 3.8) is 0 Å². The molecule has 3 aromatic heterocycles. The molecular weight excluding hydrogens is 548 g/mol. The van der Waals surface area contributed by atoms with Crippen molar-refractivity contribution in [1.82, 2.24) is 19.6 Å². The summed E-state index contributed by atoms with van der Waals surface area (Å²) in [4.78, 5) is 60.0. The van der Waals surface area contributed by atoms with Crippen LogP contribution < -0.4 is 26.5 Å². The number of rotatable bonds is 9. The molecule has 3 aromatic rings. The van der Waals surface area contributed by atoms with Crippen LogP contribution in [-0.2, 0) is 25.8 Å². The summed E-state index contributed by atoms with van der Waals surface area (Å²) in [5.41, 5.74) is 12.3. The van der Waals surface area contributed by atoms with Gasteiger partial charge in [-0.15, -0.1) is 23.1 Å². The second kappa shape index (κ2) is 10.4. The molecule has 0 saturated carbocycles. The zero-order valence-corrected chi connectivity index (χ0v) is 22.0. The fraction of sp³-hybridized carbons (Fsp3) is 0.261. The second-order valence-corrected chi connectivity index (χ2v) is 10.5. The summed E-state index contributed by atoms with van der Waals surface area (Å²) in [5.74, 6) is -3.09. The number of amides is 3. The van der Waals surface area contributed by atoms with E-state index < -0.39 is 35.1 Å². The minimum atomic E-state index is -1.50. The molecule has 0 radical (unpaired) electrons. The molecule has 202 valence electrons. The standard InChI is InChI=1S/C23H22N8O6S2/c1-2-37-28-15(13-10-39-23(25)26-13)19(33)27-16-20(34)31-17(22(35)36)12(9-38-21(16)31)8-30-6-5-29-7-11(18(24)32)3-4-14(29)30/h3-7,10,16,21H,2,8-9H2,1H3,(H5-,24,25,26,27,32,33,35,36)/b28-15+/t16-,21-/m1/s1. The van der Waals surface area contributed by atoms with E-state index in [1.54, 1.807) is 46.6 Å². The van der Waals surface area contributed by atoms with E-state index in [0.717, 1.165) is 16.2 Å². The summed E-state index contributed by atoms with van der Waals surface area (Å²) in [6.07, 6.45) is 5.00. The number of anilines is 1. The Morgan fingerprint density at radius 1 is 1.36 bits per heavy atom. The molecule has 3 amide bonds. The Labute approximate surface area is 228 Å². The number of aromatic nitrogens is 3. The third-order valence-corrected chi connectivity index (χ3v) is 8.11. The van der Waals surface area contributed by atoms with Crippen molar-refractivity contribution in [1.29, 1.82) is 0 Å². The smallest absolute Gasteiger partial charge is 0.286 e. The number of nitrogens with one attached hydrogen (secondary N) is 1. The Morgan fingerprint density at radius 3 is 2.82 bits per heavy atom. The number of imidazole rings is 1. The first-order valence-corrected chi connectivity index (χ1v) is 13.5. The van der Waals surface area contributed by atoms with Crippen LogP contribution in [0.25, 0.3) is 5.65 Å². The number of β-lactam (4-membered cyclic amide) rings is 1. The lowest BCUT2D eigenvalue weighted by molar-refractivity contribution is -0.662. The first-order valence-electron chi connectivity index (χ1n) is 11.6. The molecule has 5 N–H and O–H groups in total. The van der Waals surface area contributed by atoms with Crippen LogP contribution >= 0.6 is 23.1 Å². The van der Waals surface area contributed by atoms with E-state index in [9.17, 15) is 24.3 Å². The molecule has 16 heteroatoms. The zero-order valence-electron chi connectivity index (χ0n) is 20.4. The predicted molar refractivity (Wildman–Crippen MR) is 138 cm³/mol. The van der Waals surface area contributed by atoms with Gasteiger partial charge >= 0.3 is 0 Å². The fourth-order valence-corrected chi connectivity index (χ4v) is 6.20. The van der Waals surface area contributed by atoms with Crippen molar-refractivity contribution in [3.05, 3.63) is 58.6 Å². The molecule has 2 aliphatic heterocycles. The lowest BCUT2D eigenvalue weighted by Crippen LogP contribution is -2.71. The van der Waals surface area contributed by atoms with Crippen molar-refractivity contribution in [2.75, 3.05) is 18.1 Å². The number of aliphatic carboxylic acids is 1. The molecule has 14 nitrogen and oxygen atoms in total.